The Hall–Kier alpha value is -6.10. The van der Waals surface area contributed by atoms with E-state index in [1.807, 2.05) is 11.3 Å². The molecule has 0 amide bonds. The number of rotatable bonds is 1. The fourth-order valence-corrected chi connectivity index (χ4v) is 13.7. The van der Waals surface area contributed by atoms with Crippen molar-refractivity contribution in [3.63, 3.8) is 0 Å². The first kappa shape index (κ1) is 34.6. The normalized spacial score (nSPS) is 17.8. The zero-order valence-corrected chi connectivity index (χ0v) is 36.1. The molecule has 1 atom stereocenters. The first-order valence-electron chi connectivity index (χ1n) is 22.2. The van der Waals surface area contributed by atoms with Gasteiger partial charge < -0.3 is 9.23 Å². The van der Waals surface area contributed by atoms with Crippen molar-refractivity contribution in [2.75, 3.05) is 4.81 Å². The molecule has 2 aliphatic heterocycles. The van der Waals surface area contributed by atoms with Gasteiger partial charge in [0, 0.05) is 59.4 Å². The third-order valence-corrected chi connectivity index (χ3v) is 16.8. The van der Waals surface area contributed by atoms with Crippen molar-refractivity contribution in [2.45, 2.75) is 70.6 Å². The number of anilines is 2. The van der Waals surface area contributed by atoms with Crippen LogP contribution in [0.1, 0.15) is 79.8 Å². The summed E-state index contributed by atoms with van der Waals surface area (Å²) < 4.78 is 9.89. The van der Waals surface area contributed by atoms with Crippen molar-refractivity contribution in [3.8, 4) is 22.3 Å². The van der Waals surface area contributed by atoms with E-state index in [0.717, 1.165) is 17.6 Å². The fourth-order valence-electron chi connectivity index (χ4n) is 12.6. The summed E-state index contributed by atoms with van der Waals surface area (Å²) in [6.45, 7) is 12.2. The summed E-state index contributed by atoms with van der Waals surface area (Å²) in [7, 11) is 0. The minimum atomic E-state index is -0.0536. The summed E-state index contributed by atoms with van der Waals surface area (Å²) >= 11 is 1.92. The highest BCUT2D eigenvalue weighted by Gasteiger charge is 2.50. The summed E-state index contributed by atoms with van der Waals surface area (Å²) in [5.41, 5.74) is 21.7. The van der Waals surface area contributed by atoms with Gasteiger partial charge in [0.05, 0.1) is 0 Å². The molecular formula is C57H44BNOS. The van der Waals surface area contributed by atoms with E-state index >= 15 is 0 Å². The SMILES string of the molecule is Cc1cc2c(cc1N1B3c4cccc5c4C(Cc4c-5ccc5ccccc45)c4c3c(cc3c4oc4ccccc43)-c3c1ccc1sc4ccccc4c31)C(C)(C)CCC2(C)C. The minimum absolute atomic E-state index is 0.0536. The number of furan rings is 1. The summed E-state index contributed by atoms with van der Waals surface area (Å²) in [6, 6.07) is 51.3. The number of nitrogens with zero attached hydrogens (tertiary/aromatic N) is 1. The second kappa shape index (κ2) is 11.6. The van der Waals surface area contributed by atoms with Gasteiger partial charge in [-0.2, -0.15) is 0 Å². The summed E-state index contributed by atoms with van der Waals surface area (Å²) in [6.07, 6.45) is 3.30. The van der Waals surface area contributed by atoms with E-state index in [-0.39, 0.29) is 23.6 Å². The van der Waals surface area contributed by atoms with E-state index in [9.17, 15) is 0 Å². The largest absolute Gasteiger partial charge is 0.456 e. The third-order valence-electron chi connectivity index (χ3n) is 15.6. The molecule has 61 heavy (non-hydrogen) atoms. The van der Waals surface area contributed by atoms with Crippen LogP contribution >= 0.6 is 11.3 Å². The Balaban J connectivity index is 1.18. The fraction of sp³-hybridized carbons (Fsp3) is 0.193. The van der Waals surface area contributed by atoms with Crippen molar-refractivity contribution in [2.24, 2.45) is 0 Å². The van der Waals surface area contributed by atoms with Crippen molar-refractivity contribution in [1.82, 2.24) is 0 Å². The van der Waals surface area contributed by atoms with E-state index in [1.54, 1.807) is 0 Å². The van der Waals surface area contributed by atoms with Crippen LogP contribution in [0.3, 0.4) is 0 Å². The lowest BCUT2D eigenvalue weighted by atomic mass is 9.39. The Morgan fingerprint density at radius 3 is 2.23 bits per heavy atom. The van der Waals surface area contributed by atoms with E-state index in [2.05, 4.69) is 173 Å². The van der Waals surface area contributed by atoms with Crippen LogP contribution in [0.15, 0.2) is 138 Å². The van der Waals surface area contributed by atoms with Gasteiger partial charge in [0.15, 0.2) is 0 Å². The Kier molecular flexibility index (Phi) is 6.60. The number of benzene rings is 8. The Bertz CT molecular complexity index is 3620. The lowest BCUT2D eigenvalue weighted by Crippen LogP contribution is -2.62. The zero-order valence-electron chi connectivity index (χ0n) is 35.2. The molecule has 0 saturated heterocycles. The number of hydrogen-bond acceptors (Lipinski definition) is 3. The van der Waals surface area contributed by atoms with Crippen LogP contribution in [-0.4, -0.2) is 6.85 Å². The molecule has 4 heterocycles. The first-order chi connectivity index (χ1) is 29.7. The number of thiophene rings is 1. The van der Waals surface area contributed by atoms with Crippen molar-refractivity contribution in [1.29, 1.82) is 0 Å². The van der Waals surface area contributed by atoms with E-state index in [1.165, 1.54) is 132 Å². The van der Waals surface area contributed by atoms with Gasteiger partial charge in [-0.15, -0.1) is 11.3 Å². The third kappa shape index (κ3) is 4.39. The van der Waals surface area contributed by atoms with E-state index < -0.39 is 0 Å². The number of aryl methyl sites for hydroxylation is 1. The summed E-state index contributed by atoms with van der Waals surface area (Å²) in [5, 5.41) is 7.78. The molecule has 8 aromatic carbocycles. The zero-order chi connectivity index (χ0) is 40.7. The second-order valence-electron chi connectivity index (χ2n) is 19.8. The lowest BCUT2D eigenvalue weighted by molar-refractivity contribution is 0.332. The van der Waals surface area contributed by atoms with Crippen molar-refractivity contribution >= 4 is 93.4 Å². The van der Waals surface area contributed by atoms with Gasteiger partial charge in [0.2, 0.25) is 0 Å². The average Bonchev–Trinajstić information content (AvgIpc) is 3.85. The highest BCUT2D eigenvalue weighted by Crippen LogP contribution is 2.56. The molecule has 2 nitrogen and oxygen atoms in total. The molecule has 0 spiro atoms. The monoisotopic (exact) mass is 801 g/mol. The molecular weight excluding hydrogens is 758 g/mol. The molecule has 0 saturated carbocycles. The van der Waals surface area contributed by atoms with Gasteiger partial charge >= 0.3 is 6.85 Å². The van der Waals surface area contributed by atoms with Crippen LogP contribution in [-0.2, 0) is 17.3 Å². The predicted molar refractivity (Wildman–Crippen MR) is 261 cm³/mol. The molecule has 0 bridgehead atoms. The molecule has 0 fully saturated rings. The number of fused-ring (bicyclic) bond motifs is 17. The van der Waals surface area contributed by atoms with Gasteiger partial charge in [-0.1, -0.05) is 125 Å². The highest BCUT2D eigenvalue weighted by molar-refractivity contribution is 7.26. The molecule has 0 N–H and O–H groups in total. The molecule has 4 heteroatoms. The molecule has 292 valence electrons. The molecule has 4 aliphatic rings. The van der Waals surface area contributed by atoms with Crippen LogP contribution < -0.4 is 15.7 Å². The Morgan fingerprint density at radius 1 is 0.623 bits per heavy atom. The maximum atomic E-state index is 7.21. The summed E-state index contributed by atoms with van der Waals surface area (Å²) in [5.74, 6) is 0.130. The van der Waals surface area contributed by atoms with Crippen LogP contribution in [0.2, 0.25) is 0 Å². The van der Waals surface area contributed by atoms with Gasteiger partial charge in [-0.3, -0.25) is 0 Å². The first-order valence-corrected chi connectivity index (χ1v) is 23.0. The maximum absolute atomic E-state index is 7.21. The van der Waals surface area contributed by atoms with Gasteiger partial charge in [-0.05, 0) is 140 Å². The van der Waals surface area contributed by atoms with Gasteiger partial charge in [0.25, 0.3) is 0 Å². The van der Waals surface area contributed by atoms with Crippen molar-refractivity contribution < 1.29 is 4.42 Å². The predicted octanol–water partition coefficient (Wildman–Crippen LogP) is 14.4. The van der Waals surface area contributed by atoms with Crippen LogP contribution in [0.4, 0.5) is 11.4 Å². The Labute approximate surface area is 360 Å². The number of para-hydroxylation sites is 1. The molecule has 14 rings (SSSR count). The highest BCUT2D eigenvalue weighted by atomic mass is 32.1. The molecule has 1 unspecified atom stereocenters. The Morgan fingerprint density at radius 2 is 1.38 bits per heavy atom. The van der Waals surface area contributed by atoms with Gasteiger partial charge in [-0.25, -0.2) is 0 Å². The molecule has 2 aliphatic carbocycles. The van der Waals surface area contributed by atoms with Crippen molar-refractivity contribution in [3.05, 3.63) is 167 Å². The van der Waals surface area contributed by atoms with Crippen LogP contribution in [0, 0.1) is 6.92 Å². The molecule has 0 radical (unpaired) electrons. The topological polar surface area (TPSA) is 16.4 Å². The van der Waals surface area contributed by atoms with Crippen LogP contribution in [0.5, 0.6) is 0 Å². The smallest absolute Gasteiger partial charge is 0.329 e. The van der Waals surface area contributed by atoms with Gasteiger partial charge in [0.1, 0.15) is 11.2 Å². The van der Waals surface area contributed by atoms with Crippen LogP contribution in [0.25, 0.3) is 75.1 Å². The lowest BCUT2D eigenvalue weighted by Gasteiger charge is -2.48. The standard InChI is InChI=1S/C57H44BNOS/c1-31-27-42-43(57(4,5)26-25-56(42,2)3)30-46(31)59-45-23-24-49-52(37-16-9-11-20-48(37)61-49)51(45)41-29-39-35-15-8-10-19-47(35)60-55(39)53-40-28-38-33-14-7-6-13-32(33)21-22-34(38)36-17-12-18-44(50(36)40)58(59)54(41)53/h6-24,27,29-30,40H,25-26,28H2,1-5H3. The number of hydrogen-bond donors (Lipinski definition) is 0. The maximum Gasteiger partial charge on any atom is 0.329 e. The summed E-state index contributed by atoms with van der Waals surface area (Å²) in [4.78, 5) is 2.79. The molecule has 2 aromatic heterocycles. The average molecular weight is 802 g/mol. The minimum Gasteiger partial charge on any atom is -0.456 e. The second-order valence-corrected chi connectivity index (χ2v) is 20.8. The van der Waals surface area contributed by atoms with E-state index in [4.69, 9.17) is 4.42 Å². The molecule has 10 aromatic rings. The quantitative estimate of drug-likeness (QED) is 0.154. The van der Waals surface area contributed by atoms with E-state index in [0.29, 0.717) is 0 Å².